The van der Waals surface area contributed by atoms with Gasteiger partial charge in [-0.1, -0.05) is 13.8 Å². The molecule has 0 N–H and O–H groups in total. The van der Waals surface area contributed by atoms with Gasteiger partial charge in [-0.2, -0.15) is 0 Å². The van der Waals surface area contributed by atoms with Crippen molar-refractivity contribution in [2.24, 2.45) is 17.8 Å². The van der Waals surface area contributed by atoms with Crippen molar-refractivity contribution in [2.45, 2.75) is 45.6 Å². The Morgan fingerprint density at radius 1 is 1.00 bits per heavy atom. The number of piperazine rings is 1. The van der Waals surface area contributed by atoms with Gasteiger partial charge in [-0.25, -0.2) is 0 Å². The van der Waals surface area contributed by atoms with Crippen LogP contribution in [0.2, 0.25) is 0 Å². The van der Waals surface area contributed by atoms with Crippen molar-refractivity contribution in [1.29, 1.82) is 0 Å². The monoisotopic (exact) mass is 236 g/mol. The van der Waals surface area contributed by atoms with Gasteiger partial charge in [-0.3, -0.25) is 4.90 Å². The SMILES string of the molecule is CC(C)C1CC(N2CCN(CC3CC3)CC2)C1. The molecule has 0 atom stereocenters. The molecule has 0 aromatic rings. The zero-order valence-electron chi connectivity index (χ0n) is 11.6. The summed E-state index contributed by atoms with van der Waals surface area (Å²) in [7, 11) is 0. The first kappa shape index (κ1) is 12.0. The second-order valence-electron chi connectivity index (χ2n) is 6.91. The Kier molecular flexibility index (Phi) is 3.45. The standard InChI is InChI=1S/C15H28N2/c1-12(2)14-9-15(10-14)17-7-5-16(6-8-17)11-13-3-4-13/h12-15H,3-11H2,1-2H3. The van der Waals surface area contributed by atoms with E-state index in [1.165, 1.54) is 58.4 Å². The van der Waals surface area contributed by atoms with Gasteiger partial charge in [0.05, 0.1) is 0 Å². The second kappa shape index (κ2) is 4.89. The topological polar surface area (TPSA) is 6.48 Å². The molecule has 0 bridgehead atoms. The summed E-state index contributed by atoms with van der Waals surface area (Å²) in [6.07, 6.45) is 5.94. The molecule has 2 aliphatic carbocycles. The van der Waals surface area contributed by atoms with Crippen LogP contribution in [0, 0.1) is 17.8 Å². The maximum atomic E-state index is 2.77. The van der Waals surface area contributed by atoms with Crippen LogP contribution in [-0.2, 0) is 0 Å². The van der Waals surface area contributed by atoms with Crippen molar-refractivity contribution >= 4 is 0 Å². The minimum atomic E-state index is 0.905. The van der Waals surface area contributed by atoms with Gasteiger partial charge in [-0.15, -0.1) is 0 Å². The summed E-state index contributed by atoms with van der Waals surface area (Å²) in [6, 6.07) is 0.936. The van der Waals surface area contributed by atoms with Crippen molar-refractivity contribution in [1.82, 2.24) is 9.80 Å². The number of rotatable bonds is 4. The van der Waals surface area contributed by atoms with E-state index in [1.807, 2.05) is 0 Å². The Bertz CT molecular complexity index is 246. The van der Waals surface area contributed by atoms with Gasteiger partial charge in [-0.05, 0) is 43.4 Å². The molecule has 98 valence electrons. The van der Waals surface area contributed by atoms with Gasteiger partial charge in [0, 0.05) is 38.8 Å². The van der Waals surface area contributed by atoms with E-state index >= 15 is 0 Å². The van der Waals surface area contributed by atoms with Crippen LogP contribution in [-0.4, -0.2) is 48.6 Å². The molecule has 1 heterocycles. The second-order valence-corrected chi connectivity index (χ2v) is 6.91. The Hall–Kier alpha value is -0.0800. The summed E-state index contributed by atoms with van der Waals surface area (Å²) in [6.45, 7) is 11.5. The molecule has 3 fully saturated rings. The first-order valence-corrected chi connectivity index (χ1v) is 7.69. The van der Waals surface area contributed by atoms with Crippen molar-refractivity contribution in [3.8, 4) is 0 Å². The molecule has 0 aromatic heterocycles. The molecule has 2 saturated carbocycles. The lowest BCUT2D eigenvalue weighted by Crippen LogP contribution is -2.54. The lowest BCUT2D eigenvalue weighted by Gasteiger charge is -2.47. The first-order chi connectivity index (χ1) is 8.22. The molecule has 0 unspecified atom stereocenters. The van der Waals surface area contributed by atoms with Crippen LogP contribution >= 0.6 is 0 Å². The third kappa shape index (κ3) is 2.85. The quantitative estimate of drug-likeness (QED) is 0.740. The molecule has 2 nitrogen and oxygen atoms in total. The highest BCUT2D eigenvalue weighted by atomic mass is 15.3. The average molecular weight is 236 g/mol. The van der Waals surface area contributed by atoms with Crippen LogP contribution in [0.15, 0.2) is 0 Å². The molecule has 1 saturated heterocycles. The van der Waals surface area contributed by atoms with E-state index in [0.717, 1.165) is 23.8 Å². The Morgan fingerprint density at radius 3 is 2.18 bits per heavy atom. The molecule has 0 amide bonds. The largest absolute Gasteiger partial charge is 0.301 e. The fraction of sp³-hybridized carbons (Fsp3) is 1.00. The lowest BCUT2D eigenvalue weighted by atomic mass is 9.73. The van der Waals surface area contributed by atoms with Gasteiger partial charge >= 0.3 is 0 Å². The molecular weight excluding hydrogens is 208 g/mol. The Labute approximate surface area is 106 Å². The van der Waals surface area contributed by atoms with E-state index in [4.69, 9.17) is 0 Å². The van der Waals surface area contributed by atoms with Gasteiger partial charge in [0.25, 0.3) is 0 Å². The molecular formula is C15H28N2. The molecule has 0 spiro atoms. The molecule has 2 heteroatoms. The number of nitrogens with zero attached hydrogens (tertiary/aromatic N) is 2. The van der Waals surface area contributed by atoms with E-state index in [-0.39, 0.29) is 0 Å². The molecule has 17 heavy (non-hydrogen) atoms. The summed E-state index contributed by atoms with van der Waals surface area (Å²) in [5.41, 5.74) is 0. The molecule has 0 aromatic carbocycles. The fourth-order valence-corrected chi connectivity index (χ4v) is 3.45. The normalized spacial score (nSPS) is 36.2. The maximum absolute atomic E-state index is 2.77. The summed E-state index contributed by atoms with van der Waals surface area (Å²) in [4.78, 5) is 5.47. The molecule has 3 rings (SSSR count). The fourth-order valence-electron chi connectivity index (χ4n) is 3.45. The lowest BCUT2D eigenvalue weighted by molar-refractivity contribution is 0.0184. The van der Waals surface area contributed by atoms with Gasteiger partial charge in [0.1, 0.15) is 0 Å². The summed E-state index contributed by atoms with van der Waals surface area (Å²) >= 11 is 0. The average Bonchev–Trinajstić information content (AvgIpc) is 3.01. The van der Waals surface area contributed by atoms with Crippen molar-refractivity contribution in [3.05, 3.63) is 0 Å². The third-order valence-electron chi connectivity index (χ3n) is 5.23. The summed E-state index contributed by atoms with van der Waals surface area (Å²) in [5.74, 6) is 2.99. The first-order valence-electron chi connectivity index (χ1n) is 7.69. The van der Waals surface area contributed by atoms with E-state index < -0.39 is 0 Å². The van der Waals surface area contributed by atoms with Crippen LogP contribution in [0.25, 0.3) is 0 Å². The number of hydrogen-bond acceptors (Lipinski definition) is 2. The van der Waals surface area contributed by atoms with Crippen molar-refractivity contribution in [3.63, 3.8) is 0 Å². The maximum Gasteiger partial charge on any atom is 0.0113 e. The van der Waals surface area contributed by atoms with Crippen LogP contribution in [0.1, 0.15) is 39.5 Å². The molecule has 0 radical (unpaired) electrons. The smallest absolute Gasteiger partial charge is 0.0113 e. The van der Waals surface area contributed by atoms with Crippen LogP contribution in [0.5, 0.6) is 0 Å². The van der Waals surface area contributed by atoms with Gasteiger partial charge < -0.3 is 4.90 Å². The van der Waals surface area contributed by atoms with Crippen molar-refractivity contribution in [2.75, 3.05) is 32.7 Å². The van der Waals surface area contributed by atoms with E-state index in [1.54, 1.807) is 0 Å². The predicted molar refractivity (Wildman–Crippen MR) is 72.1 cm³/mol. The Balaban J connectivity index is 1.37. The highest BCUT2D eigenvalue weighted by Crippen LogP contribution is 2.37. The van der Waals surface area contributed by atoms with Gasteiger partial charge in [0.15, 0.2) is 0 Å². The highest BCUT2D eigenvalue weighted by molar-refractivity contribution is 4.91. The minimum Gasteiger partial charge on any atom is -0.301 e. The van der Waals surface area contributed by atoms with Crippen molar-refractivity contribution < 1.29 is 0 Å². The van der Waals surface area contributed by atoms with E-state index in [2.05, 4.69) is 23.6 Å². The van der Waals surface area contributed by atoms with Crippen LogP contribution in [0.3, 0.4) is 0 Å². The summed E-state index contributed by atoms with van der Waals surface area (Å²) < 4.78 is 0. The third-order valence-corrected chi connectivity index (χ3v) is 5.23. The summed E-state index contributed by atoms with van der Waals surface area (Å²) in [5, 5.41) is 0. The zero-order valence-corrected chi connectivity index (χ0v) is 11.6. The van der Waals surface area contributed by atoms with Crippen LogP contribution in [0.4, 0.5) is 0 Å². The van der Waals surface area contributed by atoms with Gasteiger partial charge in [0.2, 0.25) is 0 Å². The Morgan fingerprint density at radius 2 is 1.65 bits per heavy atom. The van der Waals surface area contributed by atoms with E-state index in [9.17, 15) is 0 Å². The minimum absolute atomic E-state index is 0.905. The highest BCUT2D eigenvalue weighted by Gasteiger charge is 2.36. The number of hydrogen-bond donors (Lipinski definition) is 0. The van der Waals surface area contributed by atoms with E-state index in [0.29, 0.717) is 0 Å². The predicted octanol–water partition coefficient (Wildman–Crippen LogP) is 2.45. The zero-order chi connectivity index (χ0) is 11.8. The molecule has 1 aliphatic heterocycles. The molecule has 3 aliphatic rings. The van der Waals surface area contributed by atoms with Crippen LogP contribution < -0.4 is 0 Å².